The molecule has 2 aromatic rings. The molecule has 172 valence electrons. The van der Waals surface area contributed by atoms with Gasteiger partial charge in [-0.15, -0.1) is 0 Å². The van der Waals surface area contributed by atoms with Gasteiger partial charge in [0.1, 0.15) is 5.75 Å². The summed E-state index contributed by atoms with van der Waals surface area (Å²) in [7, 11) is -2.18. The molecule has 0 bridgehead atoms. The molecule has 0 radical (unpaired) electrons. The van der Waals surface area contributed by atoms with Crippen molar-refractivity contribution in [3.05, 3.63) is 53.9 Å². The first-order valence-corrected chi connectivity index (χ1v) is 12.8. The van der Waals surface area contributed by atoms with Crippen molar-refractivity contribution in [3.63, 3.8) is 0 Å². The number of nitrogens with zero attached hydrogens (tertiary/aromatic N) is 3. The number of amides is 1. The second kappa shape index (κ2) is 9.58. The molecule has 1 saturated heterocycles. The highest BCUT2D eigenvalue weighted by atomic mass is 32.2. The van der Waals surface area contributed by atoms with Crippen molar-refractivity contribution in [2.24, 2.45) is 0 Å². The molecule has 0 spiro atoms. The second-order valence-electron chi connectivity index (χ2n) is 8.55. The van der Waals surface area contributed by atoms with E-state index in [9.17, 15) is 13.2 Å². The highest BCUT2D eigenvalue weighted by Gasteiger charge is 2.38. The molecule has 1 aromatic carbocycles. The molecule has 2 aliphatic rings. The predicted octanol–water partition coefficient (Wildman–Crippen LogP) is 4.02. The van der Waals surface area contributed by atoms with E-state index in [1.807, 2.05) is 30.0 Å². The fourth-order valence-electron chi connectivity index (χ4n) is 4.36. The van der Waals surface area contributed by atoms with Crippen molar-refractivity contribution < 1.29 is 17.9 Å². The van der Waals surface area contributed by atoms with Gasteiger partial charge in [-0.3, -0.25) is 9.78 Å². The minimum atomic E-state index is -3.67. The van der Waals surface area contributed by atoms with Crippen LogP contribution in [0.1, 0.15) is 67.5 Å². The van der Waals surface area contributed by atoms with Crippen LogP contribution in [-0.4, -0.2) is 54.8 Å². The average molecular weight is 458 g/mol. The zero-order valence-corrected chi connectivity index (χ0v) is 19.6. The first-order chi connectivity index (χ1) is 15.4. The fourth-order valence-corrected chi connectivity index (χ4v) is 5.90. The Balaban J connectivity index is 1.69. The summed E-state index contributed by atoms with van der Waals surface area (Å²) in [4.78, 5) is 20.1. The van der Waals surface area contributed by atoms with Crippen LogP contribution in [0.25, 0.3) is 0 Å². The molecule has 1 aromatic heterocycles. The third-order valence-electron chi connectivity index (χ3n) is 6.31. The molecule has 1 atom stereocenters. The number of benzene rings is 1. The Morgan fingerprint density at radius 3 is 2.44 bits per heavy atom. The van der Waals surface area contributed by atoms with E-state index in [1.165, 1.54) is 13.2 Å². The van der Waals surface area contributed by atoms with E-state index in [0.29, 0.717) is 18.8 Å². The molecule has 4 rings (SSSR count). The summed E-state index contributed by atoms with van der Waals surface area (Å²) in [5.41, 5.74) is 1.08. The predicted molar refractivity (Wildman–Crippen MR) is 122 cm³/mol. The van der Waals surface area contributed by atoms with Crippen molar-refractivity contribution in [1.82, 2.24) is 14.2 Å². The number of hydrogen-bond donors (Lipinski definition) is 0. The van der Waals surface area contributed by atoms with Gasteiger partial charge in [-0.05, 0) is 62.9 Å². The van der Waals surface area contributed by atoms with E-state index < -0.39 is 10.0 Å². The first kappa shape index (κ1) is 22.7. The molecular weight excluding hydrogens is 426 g/mol. The smallest absolute Gasteiger partial charge is 0.258 e. The standard InChI is InChI=1S/C24H31N3O4S/c1-18(22-9-5-6-14-25-22)27(19-10-11-19)24(28)21-17-20(12-13-23(21)31-2)32(29,30)26-15-7-3-4-8-16-26/h5-6,9,12-14,17-19H,3-4,7-8,10-11,15-16H2,1-2H3. The molecular formula is C24H31N3O4S. The molecule has 8 heteroatoms. The van der Waals surface area contributed by atoms with Gasteiger partial charge >= 0.3 is 0 Å². The van der Waals surface area contributed by atoms with Crippen LogP contribution in [0, 0.1) is 0 Å². The van der Waals surface area contributed by atoms with E-state index >= 15 is 0 Å². The summed E-state index contributed by atoms with van der Waals surface area (Å²) in [5, 5.41) is 0. The molecule has 0 N–H and O–H groups in total. The van der Waals surface area contributed by atoms with Crippen LogP contribution >= 0.6 is 0 Å². The monoisotopic (exact) mass is 457 g/mol. The Hall–Kier alpha value is -2.45. The Morgan fingerprint density at radius 2 is 1.84 bits per heavy atom. The molecule has 2 heterocycles. The Morgan fingerprint density at radius 1 is 1.12 bits per heavy atom. The highest BCUT2D eigenvalue weighted by molar-refractivity contribution is 7.89. The van der Waals surface area contributed by atoms with Crippen LogP contribution < -0.4 is 4.74 Å². The van der Waals surface area contributed by atoms with Crippen molar-refractivity contribution >= 4 is 15.9 Å². The van der Waals surface area contributed by atoms with Gasteiger partial charge in [0.2, 0.25) is 10.0 Å². The molecule has 1 unspecified atom stereocenters. The summed E-state index contributed by atoms with van der Waals surface area (Å²) in [6, 6.07) is 10.2. The summed E-state index contributed by atoms with van der Waals surface area (Å²) in [5.74, 6) is 0.152. The lowest BCUT2D eigenvalue weighted by atomic mass is 10.1. The van der Waals surface area contributed by atoms with Crippen LogP contribution in [0.3, 0.4) is 0 Å². The van der Waals surface area contributed by atoms with Gasteiger partial charge in [0.15, 0.2) is 0 Å². The summed E-state index contributed by atoms with van der Waals surface area (Å²) >= 11 is 0. The topological polar surface area (TPSA) is 79.8 Å². The summed E-state index contributed by atoms with van der Waals surface area (Å²) < 4.78 is 33.7. The maximum absolute atomic E-state index is 13.7. The zero-order valence-electron chi connectivity index (χ0n) is 18.7. The lowest BCUT2D eigenvalue weighted by Crippen LogP contribution is -2.36. The number of aromatic nitrogens is 1. The lowest BCUT2D eigenvalue weighted by molar-refractivity contribution is 0.0666. The van der Waals surface area contributed by atoms with Crippen molar-refractivity contribution in [2.75, 3.05) is 20.2 Å². The van der Waals surface area contributed by atoms with E-state index in [1.54, 1.807) is 22.6 Å². The number of rotatable bonds is 7. The molecule has 1 aliphatic carbocycles. The number of pyridine rings is 1. The van der Waals surface area contributed by atoms with Gasteiger partial charge in [0, 0.05) is 25.3 Å². The fraction of sp³-hybridized carbons (Fsp3) is 0.500. The zero-order chi connectivity index (χ0) is 22.7. The van der Waals surface area contributed by atoms with Crippen LogP contribution in [-0.2, 0) is 10.0 Å². The van der Waals surface area contributed by atoms with E-state index in [-0.39, 0.29) is 28.4 Å². The van der Waals surface area contributed by atoms with Crippen LogP contribution in [0.15, 0.2) is 47.5 Å². The second-order valence-corrected chi connectivity index (χ2v) is 10.5. The molecule has 1 amide bonds. The van der Waals surface area contributed by atoms with Gasteiger partial charge in [-0.1, -0.05) is 18.9 Å². The Kier molecular flexibility index (Phi) is 6.81. The minimum Gasteiger partial charge on any atom is -0.496 e. The normalized spacial score (nSPS) is 18.6. The van der Waals surface area contributed by atoms with Gasteiger partial charge in [-0.2, -0.15) is 4.31 Å². The highest BCUT2D eigenvalue weighted by Crippen LogP contribution is 2.37. The van der Waals surface area contributed by atoms with E-state index in [0.717, 1.165) is 44.2 Å². The van der Waals surface area contributed by atoms with Gasteiger partial charge in [-0.25, -0.2) is 8.42 Å². The quantitative estimate of drug-likeness (QED) is 0.627. The summed E-state index contributed by atoms with van der Waals surface area (Å²) in [6.45, 7) is 2.99. The number of carbonyl (C=O) groups is 1. The number of hydrogen-bond acceptors (Lipinski definition) is 5. The Bertz CT molecular complexity index is 1050. The summed E-state index contributed by atoms with van der Waals surface area (Å²) in [6.07, 6.45) is 7.38. The van der Waals surface area contributed by atoms with Gasteiger partial charge in [0.05, 0.1) is 29.3 Å². The maximum Gasteiger partial charge on any atom is 0.258 e. The number of ether oxygens (including phenoxy) is 1. The van der Waals surface area contributed by atoms with E-state index in [2.05, 4.69) is 4.98 Å². The van der Waals surface area contributed by atoms with Crippen LogP contribution in [0.5, 0.6) is 5.75 Å². The molecule has 32 heavy (non-hydrogen) atoms. The third-order valence-corrected chi connectivity index (χ3v) is 8.21. The van der Waals surface area contributed by atoms with Crippen molar-refractivity contribution in [2.45, 2.75) is 62.4 Å². The lowest BCUT2D eigenvalue weighted by Gasteiger charge is -2.30. The van der Waals surface area contributed by atoms with Crippen LogP contribution in [0.2, 0.25) is 0 Å². The average Bonchev–Trinajstić information content (AvgIpc) is 3.66. The third kappa shape index (κ3) is 4.66. The first-order valence-electron chi connectivity index (χ1n) is 11.4. The molecule has 1 aliphatic heterocycles. The minimum absolute atomic E-state index is 0.120. The SMILES string of the molecule is COc1ccc(S(=O)(=O)N2CCCCCC2)cc1C(=O)N(C1CC1)C(C)c1ccccn1. The largest absolute Gasteiger partial charge is 0.496 e. The van der Waals surface area contributed by atoms with Crippen molar-refractivity contribution in [1.29, 1.82) is 0 Å². The number of carbonyl (C=O) groups excluding carboxylic acids is 1. The van der Waals surface area contributed by atoms with Crippen molar-refractivity contribution in [3.8, 4) is 5.75 Å². The Labute approximate surface area is 190 Å². The van der Waals surface area contributed by atoms with E-state index in [4.69, 9.17) is 4.74 Å². The van der Waals surface area contributed by atoms with Crippen LogP contribution in [0.4, 0.5) is 0 Å². The number of methoxy groups -OCH3 is 1. The molecule has 1 saturated carbocycles. The van der Waals surface area contributed by atoms with Gasteiger partial charge < -0.3 is 9.64 Å². The number of sulfonamides is 1. The van der Waals surface area contributed by atoms with Gasteiger partial charge in [0.25, 0.3) is 5.91 Å². The molecule has 2 fully saturated rings. The molecule has 7 nitrogen and oxygen atoms in total. The maximum atomic E-state index is 13.7.